The van der Waals surface area contributed by atoms with Crippen molar-refractivity contribution in [2.24, 2.45) is 0 Å². The van der Waals surface area contributed by atoms with Crippen molar-refractivity contribution in [3.63, 3.8) is 0 Å². The van der Waals surface area contributed by atoms with Crippen LogP contribution in [0.25, 0.3) is 6.08 Å². The number of amides is 2. The Balaban J connectivity index is 1.73. The Bertz CT molecular complexity index is 746. The summed E-state index contributed by atoms with van der Waals surface area (Å²) in [5.41, 5.74) is 2.48. The molecule has 3 rings (SSSR count). The molecule has 0 aliphatic carbocycles. The molecule has 1 aliphatic heterocycles. The summed E-state index contributed by atoms with van der Waals surface area (Å²) < 4.78 is 0. The molecule has 1 heterocycles. The third-order valence-corrected chi connectivity index (χ3v) is 3.48. The van der Waals surface area contributed by atoms with E-state index in [1.165, 1.54) is 12.3 Å². The van der Waals surface area contributed by atoms with Crippen LogP contribution in [0.15, 0.2) is 78.5 Å². The van der Waals surface area contributed by atoms with Crippen LogP contribution in [-0.4, -0.2) is 16.7 Å². The van der Waals surface area contributed by atoms with E-state index >= 15 is 0 Å². The van der Waals surface area contributed by atoms with Gasteiger partial charge in [-0.2, -0.15) is 0 Å². The highest BCUT2D eigenvalue weighted by molar-refractivity contribution is 6.17. The van der Waals surface area contributed by atoms with Gasteiger partial charge >= 0.3 is 0 Å². The fourth-order valence-electron chi connectivity index (χ4n) is 2.34. The first-order chi connectivity index (χ1) is 10.7. The van der Waals surface area contributed by atoms with Crippen LogP contribution in [0, 0.1) is 0 Å². The van der Waals surface area contributed by atoms with E-state index in [-0.39, 0.29) is 11.8 Å². The topological polar surface area (TPSA) is 37.4 Å². The fourth-order valence-corrected chi connectivity index (χ4v) is 2.34. The second-order valence-corrected chi connectivity index (χ2v) is 5.07. The Morgan fingerprint density at radius 1 is 0.864 bits per heavy atom. The van der Waals surface area contributed by atoms with Gasteiger partial charge in [0, 0.05) is 24.3 Å². The summed E-state index contributed by atoms with van der Waals surface area (Å²) in [6, 6.07) is 19.2. The maximum atomic E-state index is 12.3. The van der Waals surface area contributed by atoms with E-state index in [9.17, 15) is 9.59 Å². The molecule has 22 heavy (non-hydrogen) atoms. The van der Waals surface area contributed by atoms with Crippen LogP contribution in [-0.2, 0) is 16.0 Å². The number of benzene rings is 2. The molecule has 2 amide bonds. The number of hydrogen-bond donors (Lipinski definition) is 0. The first-order valence-corrected chi connectivity index (χ1v) is 7.09. The Morgan fingerprint density at radius 3 is 2.18 bits per heavy atom. The molecule has 0 radical (unpaired) electrons. The van der Waals surface area contributed by atoms with Gasteiger partial charge in [0.25, 0.3) is 11.8 Å². The fraction of sp³-hybridized carbons (Fsp3) is 0.0526. The zero-order chi connectivity index (χ0) is 15.4. The molecule has 0 fully saturated rings. The molecule has 0 saturated carbocycles. The predicted molar refractivity (Wildman–Crippen MR) is 85.6 cm³/mol. The van der Waals surface area contributed by atoms with Gasteiger partial charge in [0.15, 0.2) is 0 Å². The van der Waals surface area contributed by atoms with Gasteiger partial charge in [0.05, 0.1) is 0 Å². The van der Waals surface area contributed by atoms with Crippen LogP contribution in [0.1, 0.15) is 11.1 Å². The molecule has 2 aromatic carbocycles. The standard InChI is InChI=1S/C19H15NO2/c21-18-14-17(13-16-9-5-2-6-10-16)19(22)20(18)12-11-15-7-3-1-4-8-15/h1-12,14H,13H2. The van der Waals surface area contributed by atoms with Gasteiger partial charge < -0.3 is 0 Å². The van der Waals surface area contributed by atoms with E-state index in [1.54, 1.807) is 6.08 Å². The summed E-state index contributed by atoms with van der Waals surface area (Å²) in [5.74, 6) is -0.538. The highest BCUT2D eigenvalue weighted by atomic mass is 16.2. The number of nitrogens with zero attached hydrogens (tertiary/aromatic N) is 1. The molecule has 0 aromatic heterocycles. The molecule has 0 atom stereocenters. The van der Waals surface area contributed by atoms with Crippen LogP contribution in [0.2, 0.25) is 0 Å². The van der Waals surface area contributed by atoms with Gasteiger partial charge in [0.1, 0.15) is 0 Å². The van der Waals surface area contributed by atoms with E-state index in [4.69, 9.17) is 0 Å². The van der Waals surface area contributed by atoms with Crippen LogP contribution in [0.3, 0.4) is 0 Å². The molecule has 3 heteroatoms. The lowest BCUT2D eigenvalue weighted by atomic mass is 10.1. The van der Waals surface area contributed by atoms with Crippen molar-refractivity contribution < 1.29 is 9.59 Å². The summed E-state index contributed by atoms with van der Waals surface area (Å²) >= 11 is 0. The highest BCUT2D eigenvalue weighted by Gasteiger charge is 2.28. The summed E-state index contributed by atoms with van der Waals surface area (Å²) in [7, 11) is 0. The van der Waals surface area contributed by atoms with Gasteiger partial charge in [-0.1, -0.05) is 60.7 Å². The van der Waals surface area contributed by atoms with Crippen molar-refractivity contribution in [3.05, 3.63) is 89.6 Å². The first-order valence-electron chi connectivity index (χ1n) is 7.09. The van der Waals surface area contributed by atoms with E-state index in [0.717, 1.165) is 16.0 Å². The number of rotatable bonds is 4. The van der Waals surface area contributed by atoms with Gasteiger partial charge in [-0.25, -0.2) is 4.90 Å². The maximum absolute atomic E-state index is 12.3. The predicted octanol–water partition coefficient (Wildman–Crippen LogP) is 3.20. The summed E-state index contributed by atoms with van der Waals surface area (Å²) in [5, 5.41) is 0. The summed E-state index contributed by atoms with van der Waals surface area (Å²) in [4.78, 5) is 25.5. The van der Waals surface area contributed by atoms with Crippen LogP contribution < -0.4 is 0 Å². The minimum absolute atomic E-state index is 0.249. The Morgan fingerprint density at radius 2 is 1.50 bits per heavy atom. The first kappa shape index (κ1) is 14.0. The van der Waals surface area contributed by atoms with E-state index < -0.39 is 0 Å². The minimum Gasteiger partial charge on any atom is -0.269 e. The monoisotopic (exact) mass is 289 g/mol. The zero-order valence-corrected chi connectivity index (χ0v) is 12.0. The summed E-state index contributed by atoms with van der Waals surface area (Å²) in [6.07, 6.45) is 5.19. The molecule has 108 valence electrons. The Labute approximate surface area is 129 Å². The number of hydrogen-bond acceptors (Lipinski definition) is 2. The van der Waals surface area contributed by atoms with E-state index in [0.29, 0.717) is 12.0 Å². The minimum atomic E-state index is -0.289. The van der Waals surface area contributed by atoms with Crippen LogP contribution in [0.4, 0.5) is 0 Å². The quantitative estimate of drug-likeness (QED) is 0.811. The van der Waals surface area contributed by atoms with Crippen LogP contribution in [0.5, 0.6) is 0 Å². The third-order valence-electron chi connectivity index (χ3n) is 3.48. The number of imide groups is 1. The second-order valence-electron chi connectivity index (χ2n) is 5.07. The van der Waals surface area contributed by atoms with E-state index in [1.807, 2.05) is 60.7 Å². The maximum Gasteiger partial charge on any atom is 0.261 e. The Hall–Kier alpha value is -2.94. The smallest absolute Gasteiger partial charge is 0.261 e. The molecule has 0 saturated heterocycles. The molecular formula is C19H15NO2. The molecule has 1 aliphatic rings. The normalized spacial score (nSPS) is 14.7. The zero-order valence-electron chi connectivity index (χ0n) is 12.0. The van der Waals surface area contributed by atoms with Crippen molar-refractivity contribution in [2.45, 2.75) is 6.42 Å². The van der Waals surface area contributed by atoms with Crippen LogP contribution >= 0.6 is 0 Å². The third kappa shape index (κ3) is 3.04. The highest BCUT2D eigenvalue weighted by Crippen LogP contribution is 2.18. The Kier molecular flexibility index (Phi) is 3.97. The second kappa shape index (κ2) is 6.22. The van der Waals surface area contributed by atoms with Crippen molar-refractivity contribution in [1.29, 1.82) is 0 Å². The molecule has 2 aromatic rings. The van der Waals surface area contributed by atoms with Gasteiger partial charge in [-0.3, -0.25) is 9.59 Å². The van der Waals surface area contributed by atoms with Gasteiger partial charge in [-0.05, 0) is 17.2 Å². The number of carbonyl (C=O) groups is 2. The molecule has 0 N–H and O–H groups in total. The average Bonchev–Trinajstić information content (AvgIpc) is 2.81. The molecule has 0 bridgehead atoms. The van der Waals surface area contributed by atoms with Gasteiger partial charge in [-0.15, -0.1) is 0 Å². The van der Waals surface area contributed by atoms with Crippen molar-refractivity contribution in [2.75, 3.05) is 0 Å². The van der Waals surface area contributed by atoms with Crippen molar-refractivity contribution >= 4 is 17.9 Å². The molecule has 3 nitrogen and oxygen atoms in total. The average molecular weight is 289 g/mol. The van der Waals surface area contributed by atoms with E-state index in [2.05, 4.69) is 0 Å². The largest absolute Gasteiger partial charge is 0.269 e. The summed E-state index contributed by atoms with van der Waals surface area (Å²) in [6.45, 7) is 0. The lowest BCUT2D eigenvalue weighted by Crippen LogP contribution is -2.25. The molecule has 0 spiro atoms. The van der Waals surface area contributed by atoms with Gasteiger partial charge in [0.2, 0.25) is 0 Å². The SMILES string of the molecule is O=C1C=C(Cc2ccccc2)C(=O)N1C=Cc1ccccc1. The molecular weight excluding hydrogens is 274 g/mol. The van der Waals surface area contributed by atoms with Crippen molar-refractivity contribution in [1.82, 2.24) is 4.90 Å². The molecule has 0 unspecified atom stereocenters. The lowest BCUT2D eigenvalue weighted by Gasteiger charge is -2.09. The van der Waals surface area contributed by atoms with Crippen molar-refractivity contribution in [3.8, 4) is 0 Å². The number of carbonyl (C=O) groups excluding carboxylic acids is 2. The lowest BCUT2D eigenvalue weighted by molar-refractivity contribution is -0.133.